The van der Waals surface area contributed by atoms with Crippen LogP contribution in [0.1, 0.15) is 22.5 Å². The summed E-state index contributed by atoms with van der Waals surface area (Å²) in [5, 5.41) is 9.22. The van der Waals surface area contributed by atoms with Gasteiger partial charge in [0.25, 0.3) is 0 Å². The predicted octanol–water partition coefficient (Wildman–Crippen LogP) is 0.952. The van der Waals surface area contributed by atoms with Crippen molar-refractivity contribution in [2.75, 3.05) is 30.8 Å². The molecular formula is C10H16N2O5S2. The number of carbonyl (C=O) groups is 1. The summed E-state index contributed by atoms with van der Waals surface area (Å²) < 4.78 is 33.8. The Morgan fingerprint density at radius 3 is 2.68 bits per heavy atom. The molecule has 0 fully saturated rings. The fraction of sp³-hybridized carbons (Fsp3) is 0.600. The van der Waals surface area contributed by atoms with E-state index in [1.54, 1.807) is 0 Å². The molecule has 1 N–H and O–H groups in total. The SMILES string of the molecule is COCCCS(=O)(=O)N(C)c1snc(C)c1C(=O)O. The lowest BCUT2D eigenvalue weighted by atomic mass is 10.2. The van der Waals surface area contributed by atoms with Gasteiger partial charge >= 0.3 is 5.97 Å². The van der Waals surface area contributed by atoms with E-state index in [2.05, 4.69) is 4.37 Å². The molecule has 9 heteroatoms. The van der Waals surface area contributed by atoms with E-state index in [1.807, 2.05) is 0 Å². The number of anilines is 1. The Bertz CT molecular complexity index is 552. The van der Waals surface area contributed by atoms with Gasteiger partial charge in [-0.25, -0.2) is 13.2 Å². The number of carboxylic acids is 1. The Balaban J connectivity index is 3.00. The molecule has 0 aliphatic carbocycles. The summed E-state index contributed by atoms with van der Waals surface area (Å²) in [4.78, 5) is 11.1. The first-order valence-electron chi connectivity index (χ1n) is 5.46. The number of ether oxygens (including phenoxy) is 1. The van der Waals surface area contributed by atoms with Crippen molar-refractivity contribution in [3.8, 4) is 0 Å². The average molecular weight is 308 g/mol. The van der Waals surface area contributed by atoms with Gasteiger partial charge in [-0.15, -0.1) is 0 Å². The van der Waals surface area contributed by atoms with Gasteiger partial charge in [-0.3, -0.25) is 4.31 Å². The quantitative estimate of drug-likeness (QED) is 0.753. The Morgan fingerprint density at radius 1 is 1.53 bits per heavy atom. The minimum absolute atomic E-state index is 0.0668. The summed E-state index contributed by atoms with van der Waals surface area (Å²) in [6, 6.07) is 0. The van der Waals surface area contributed by atoms with Gasteiger partial charge in [0.2, 0.25) is 10.0 Å². The largest absolute Gasteiger partial charge is 0.478 e. The minimum atomic E-state index is -3.57. The van der Waals surface area contributed by atoms with E-state index in [4.69, 9.17) is 9.84 Å². The molecule has 0 aliphatic heterocycles. The van der Waals surface area contributed by atoms with Crippen molar-refractivity contribution in [3.63, 3.8) is 0 Å². The molecule has 0 saturated carbocycles. The monoisotopic (exact) mass is 308 g/mol. The number of sulfonamides is 1. The van der Waals surface area contributed by atoms with E-state index < -0.39 is 16.0 Å². The number of carboxylic acid groups (broad SMARTS) is 1. The first-order chi connectivity index (χ1) is 8.81. The molecule has 19 heavy (non-hydrogen) atoms. The van der Waals surface area contributed by atoms with Gasteiger partial charge in [0.1, 0.15) is 10.6 Å². The molecule has 0 unspecified atom stereocenters. The lowest BCUT2D eigenvalue weighted by Crippen LogP contribution is -2.30. The van der Waals surface area contributed by atoms with Crippen molar-refractivity contribution in [1.82, 2.24) is 4.37 Å². The summed E-state index contributed by atoms with van der Waals surface area (Å²) in [6.07, 6.45) is 0.351. The summed E-state index contributed by atoms with van der Waals surface area (Å²) in [6.45, 7) is 1.87. The lowest BCUT2D eigenvalue weighted by Gasteiger charge is -2.17. The molecule has 108 valence electrons. The maximum absolute atomic E-state index is 12.0. The van der Waals surface area contributed by atoms with Gasteiger partial charge in [0.15, 0.2) is 0 Å². The van der Waals surface area contributed by atoms with Gasteiger partial charge in [-0.05, 0) is 24.9 Å². The van der Waals surface area contributed by atoms with Gasteiger partial charge < -0.3 is 9.84 Å². The van der Waals surface area contributed by atoms with Crippen LogP contribution in [0.3, 0.4) is 0 Å². The fourth-order valence-electron chi connectivity index (χ4n) is 1.47. The Labute approximate surface area is 116 Å². The van der Waals surface area contributed by atoms with Crippen LogP contribution < -0.4 is 4.31 Å². The average Bonchev–Trinajstić information content (AvgIpc) is 2.70. The Morgan fingerprint density at radius 2 is 2.16 bits per heavy atom. The van der Waals surface area contributed by atoms with Crippen LogP contribution in [0.25, 0.3) is 0 Å². The smallest absolute Gasteiger partial charge is 0.340 e. The molecule has 0 saturated heterocycles. The first kappa shape index (κ1) is 15.9. The van der Waals surface area contributed by atoms with Crippen LogP contribution in [0.2, 0.25) is 0 Å². The predicted molar refractivity (Wildman–Crippen MR) is 72.5 cm³/mol. The maximum atomic E-state index is 12.0. The minimum Gasteiger partial charge on any atom is -0.478 e. The summed E-state index contributed by atoms with van der Waals surface area (Å²) in [5.74, 6) is -1.28. The highest BCUT2D eigenvalue weighted by molar-refractivity contribution is 7.92. The highest BCUT2D eigenvalue weighted by Gasteiger charge is 2.27. The highest BCUT2D eigenvalue weighted by atomic mass is 32.2. The van der Waals surface area contributed by atoms with Crippen LogP contribution in [0.5, 0.6) is 0 Å². The number of hydrogen-bond donors (Lipinski definition) is 1. The summed E-state index contributed by atoms with van der Waals surface area (Å²) >= 11 is 0.863. The number of hydrogen-bond acceptors (Lipinski definition) is 6. The first-order valence-corrected chi connectivity index (χ1v) is 7.84. The van der Waals surface area contributed by atoms with E-state index >= 15 is 0 Å². The molecule has 1 rings (SSSR count). The number of aryl methyl sites for hydroxylation is 1. The molecule has 7 nitrogen and oxygen atoms in total. The molecule has 0 aliphatic rings. The molecule has 0 radical (unpaired) electrons. The zero-order valence-electron chi connectivity index (χ0n) is 10.9. The van der Waals surface area contributed by atoms with Gasteiger partial charge in [-0.2, -0.15) is 4.37 Å². The van der Waals surface area contributed by atoms with Crippen LogP contribution in [-0.2, 0) is 14.8 Å². The number of rotatable bonds is 7. The van der Waals surface area contributed by atoms with Crippen LogP contribution in [0, 0.1) is 6.92 Å². The number of aromatic nitrogens is 1. The molecule has 0 atom stereocenters. The van der Waals surface area contributed by atoms with Crippen molar-refractivity contribution in [2.45, 2.75) is 13.3 Å². The van der Waals surface area contributed by atoms with E-state index in [-0.39, 0.29) is 16.3 Å². The molecule has 0 amide bonds. The van der Waals surface area contributed by atoms with E-state index in [0.29, 0.717) is 18.7 Å². The summed E-state index contributed by atoms with van der Waals surface area (Å²) in [5.41, 5.74) is 0.245. The third-order valence-corrected chi connectivity index (χ3v) is 5.47. The van der Waals surface area contributed by atoms with Crippen molar-refractivity contribution in [2.24, 2.45) is 0 Å². The van der Waals surface area contributed by atoms with E-state index in [0.717, 1.165) is 15.8 Å². The van der Waals surface area contributed by atoms with Crippen LogP contribution >= 0.6 is 11.5 Å². The second-order valence-electron chi connectivity index (χ2n) is 3.88. The molecule has 0 bridgehead atoms. The third kappa shape index (κ3) is 3.64. The van der Waals surface area contributed by atoms with Gasteiger partial charge in [-0.1, -0.05) is 0 Å². The Hall–Kier alpha value is -1.19. The normalized spacial score (nSPS) is 11.5. The van der Waals surface area contributed by atoms with Crippen molar-refractivity contribution in [3.05, 3.63) is 11.3 Å². The second-order valence-corrected chi connectivity index (χ2v) is 6.75. The third-order valence-electron chi connectivity index (χ3n) is 2.51. The zero-order valence-corrected chi connectivity index (χ0v) is 12.5. The Kier molecular flexibility index (Phi) is 5.27. The van der Waals surface area contributed by atoms with Crippen LogP contribution in [0.4, 0.5) is 5.00 Å². The van der Waals surface area contributed by atoms with Crippen molar-refractivity contribution < 1.29 is 23.1 Å². The highest BCUT2D eigenvalue weighted by Crippen LogP contribution is 2.29. The number of aromatic carboxylic acids is 1. The standard InChI is InChI=1S/C10H16N2O5S2/c1-7-8(10(13)14)9(18-11-7)12(2)19(15,16)6-4-5-17-3/h4-6H2,1-3H3,(H,13,14). The van der Waals surface area contributed by atoms with E-state index in [1.165, 1.54) is 21.1 Å². The second kappa shape index (κ2) is 6.31. The molecule has 1 heterocycles. The van der Waals surface area contributed by atoms with Crippen molar-refractivity contribution in [1.29, 1.82) is 0 Å². The molecule has 0 aromatic carbocycles. The molecule has 1 aromatic rings. The van der Waals surface area contributed by atoms with Gasteiger partial charge in [0.05, 0.1) is 11.4 Å². The maximum Gasteiger partial charge on any atom is 0.340 e. The topological polar surface area (TPSA) is 96.8 Å². The van der Waals surface area contributed by atoms with Crippen LogP contribution in [-0.4, -0.2) is 50.4 Å². The zero-order chi connectivity index (χ0) is 14.6. The molecular weight excluding hydrogens is 292 g/mol. The fourth-order valence-corrected chi connectivity index (χ4v) is 3.76. The van der Waals surface area contributed by atoms with Crippen LogP contribution in [0.15, 0.2) is 0 Å². The van der Waals surface area contributed by atoms with Crippen molar-refractivity contribution >= 4 is 32.5 Å². The molecule has 0 spiro atoms. The number of nitrogens with zero attached hydrogens (tertiary/aromatic N) is 2. The molecule has 1 aromatic heterocycles. The number of methoxy groups -OCH3 is 1. The lowest BCUT2D eigenvalue weighted by molar-refractivity contribution is 0.0697. The summed E-state index contributed by atoms with van der Waals surface area (Å²) in [7, 11) is -0.742. The van der Waals surface area contributed by atoms with Gasteiger partial charge in [0, 0.05) is 20.8 Å². The van der Waals surface area contributed by atoms with E-state index in [9.17, 15) is 13.2 Å².